The first kappa shape index (κ1) is 19.8. The molecular weight excluding hydrogens is 376 g/mol. The Morgan fingerprint density at radius 2 is 1.90 bits per heavy atom. The SMILES string of the molecule is Cc1cc(-n2nc(C#N)c(=O)[nH]c2=O)cc(C)c1Oc1ncc(O)c(C(C)C)n1. The minimum absolute atomic E-state index is 0.00652. The molecule has 0 spiro atoms. The Morgan fingerprint density at radius 1 is 1.24 bits per heavy atom. The zero-order valence-corrected chi connectivity index (χ0v) is 16.2. The fourth-order valence-electron chi connectivity index (χ4n) is 2.80. The minimum atomic E-state index is -0.840. The molecule has 1 aromatic carbocycles. The number of benzene rings is 1. The zero-order valence-electron chi connectivity index (χ0n) is 16.2. The molecule has 0 radical (unpaired) electrons. The molecule has 2 N–H and O–H groups in total. The van der Waals surface area contributed by atoms with Crippen LogP contribution in [0.15, 0.2) is 27.9 Å². The Hall–Kier alpha value is -4.00. The summed E-state index contributed by atoms with van der Waals surface area (Å²) in [6, 6.07) is 4.98. The monoisotopic (exact) mass is 394 g/mol. The van der Waals surface area contributed by atoms with Crippen molar-refractivity contribution in [2.75, 3.05) is 0 Å². The van der Waals surface area contributed by atoms with Crippen LogP contribution < -0.4 is 16.0 Å². The third-order valence-electron chi connectivity index (χ3n) is 4.14. The summed E-state index contributed by atoms with van der Waals surface area (Å²) >= 11 is 0. The van der Waals surface area contributed by atoms with Crippen LogP contribution in [0.1, 0.15) is 42.3 Å². The van der Waals surface area contributed by atoms with Gasteiger partial charge in [0.05, 0.1) is 17.6 Å². The summed E-state index contributed by atoms with van der Waals surface area (Å²) in [5.74, 6) is 0.456. The minimum Gasteiger partial charge on any atom is -0.504 e. The summed E-state index contributed by atoms with van der Waals surface area (Å²) in [4.78, 5) is 34.0. The molecule has 0 bridgehead atoms. The quantitative estimate of drug-likeness (QED) is 0.681. The summed E-state index contributed by atoms with van der Waals surface area (Å²) in [5, 5.41) is 22.6. The van der Waals surface area contributed by atoms with Gasteiger partial charge in [-0.15, -0.1) is 5.10 Å². The molecule has 0 saturated heterocycles. The maximum atomic E-state index is 12.1. The Kier molecular flexibility index (Phi) is 5.14. The van der Waals surface area contributed by atoms with Crippen molar-refractivity contribution in [1.29, 1.82) is 5.26 Å². The van der Waals surface area contributed by atoms with Crippen molar-refractivity contribution in [2.24, 2.45) is 0 Å². The number of aromatic nitrogens is 5. The summed E-state index contributed by atoms with van der Waals surface area (Å²) in [5.41, 5.74) is 0.119. The number of H-pyrrole nitrogens is 1. The van der Waals surface area contributed by atoms with Crippen molar-refractivity contribution in [3.63, 3.8) is 0 Å². The molecule has 2 aromatic heterocycles. The maximum absolute atomic E-state index is 12.1. The van der Waals surface area contributed by atoms with Gasteiger partial charge in [-0.05, 0) is 43.0 Å². The van der Waals surface area contributed by atoms with Crippen LogP contribution in [0.25, 0.3) is 5.69 Å². The Bertz CT molecular complexity index is 1230. The van der Waals surface area contributed by atoms with E-state index in [1.54, 1.807) is 32.0 Å². The van der Waals surface area contributed by atoms with Gasteiger partial charge in [-0.25, -0.2) is 4.79 Å². The lowest BCUT2D eigenvalue weighted by atomic mass is 10.1. The highest BCUT2D eigenvalue weighted by molar-refractivity contribution is 5.49. The number of ether oxygens (including phenoxy) is 1. The van der Waals surface area contributed by atoms with Crippen molar-refractivity contribution in [2.45, 2.75) is 33.6 Å². The summed E-state index contributed by atoms with van der Waals surface area (Å²) in [6.45, 7) is 7.30. The third-order valence-corrected chi connectivity index (χ3v) is 4.14. The fraction of sp³-hybridized carbons (Fsp3) is 0.263. The van der Waals surface area contributed by atoms with Crippen molar-refractivity contribution in [3.8, 4) is 29.3 Å². The van der Waals surface area contributed by atoms with Crippen LogP contribution in [0.4, 0.5) is 0 Å². The number of nitriles is 1. The van der Waals surface area contributed by atoms with Crippen molar-refractivity contribution >= 4 is 0 Å². The number of hydrogen-bond donors (Lipinski definition) is 2. The van der Waals surface area contributed by atoms with Crippen LogP contribution in [0.3, 0.4) is 0 Å². The lowest BCUT2D eigenvalue weighted by molar-refractivity contribution is 0.413. The number of nitrogens with zero attached hydrogens (tertiary/aromatic N) is 5. The molecule has 148 valence electrons. The van der Waals surface area contributed by atoms with E-state index < -0.39 is 16.9 Å². The van der Waals surface area contributed by atoms with E-state index >= 15 is 0 Å². The number of rotatable bonds is 4. The highest BCUT2D eigenvalue weighted by Gasteiger charge is 2.15. The number of aromatic amines is 1. The average molecular weight is 394 g/mol. The Morgan fingerprint density at radius 3 is 2.48 bits per heavy atom. The fourth-order valence-corrected chi connectivity index (χ4v) is 2.80. The molecule has 0 atom stereocenters. The van der Waals surface area contributed by atoms with Gasteiger partial charge in [0.15, 0.2) is 5.75 Å². The first-order chi connectivity index (χ1) is 13.7. The lowest BCUT2D eigenvalue weighted by Gasteiger charge is -2.14. The molecule has 0 unspecified atom stereocenters. The van der Waals surface area contributed by atoms with Crippen molar-refractivity contribution < 1.29 is 9.84 Å². The lowest BCUT2D eigenvalue weighted by Crippen LogP contribution is -2.33. The van der Waals surface area contributed by atoms with Crippen LogP contribution >= 0.6 is 0 Å². The molecule has 0 fully saturated rings. The van der Waals surface area contributed by atoms with E-state index in [1.807, 2.05) is 13.8 Å². The molecule has 29 heavy (non-hydrogen) atoms. The second-order valence-corrected chi connectivity index (χ2v) is 6.72. The molecule has 10 nitrogen and oxygen atoms in total. The second kappa shape index (κ2) is 7.55. The number of aryl methyl sites for hydroxylation is 2. The summed E-state index contributed by atoms with van der Waals surface area (Å²) < 4.78 is 6.76. The topological polar surface area (TPSA) is 147 Å². The maximum Gasteiger partial charge on any atom is 0.349 e. The van der Waals surface area contributed by atoms with E-state index in [0.29, 0.717) is 28.3 Å². The van der Waals surface area contributed by atoms with E-state index in [4.69, 9.17) is 10.00 Å². The van der Waals surface area contributed by atoms with Gasteiger partial charge in [0.1, 0.15) is 11.8 Å². The molecule has 0 saturated carbocycles. The van der Waals surface area contributed by atoms with Crippen molar-refractivity contribution in [1.82, 2.24) is 24.7 Å². The third kappa shape index (κ3) is 3.84. The molecule has 0 aliphatic carbocycles. The van der Waals surface area contributed by atoms with E-state index in [1.165, 1.54) is 6.20 Å². The number of nitrogens with one attached hydrogen (secondary N) is 1. The largest absolute Gasteiger partial charge is 0.504 e. The molecule has 10 heteroatoms. The zero-order chi connectivity index (χ0) is 21.3. The molecule has 3 aromatic rings. The summed E-state index contributed by atoms with van der Waals surface area (Å²) in [7, 11) is 0. The smallest absolute Gasteiger partial charge is 0.349 e. The van der Waals surface area contributed by atoms with Crippen LogP contribution in [0.5, 0.6) is 17.5 Å². The summed E-state index contributed by atoms with van der Waals surface area (Å²) in [6.07, 6.45) is 1.28. The molecular formula is C19H18N6O4. The van der Waals surface area contributed by atoms with Gasteiger partial charge in [-0.1, -0.05) is 13.8 Å². The molecule has 0 aliphatic heterocycles. The molecule has 0 amide bonds. The first-order valence-electron chi connectivity index (χ1n) is 8.70. The highest BCUT2D eigenvalue weighted by Crippen LogP contribution is 2.31. The average Bonchev–Trinajstić information content (AvgIpc) is 2.65. The van der Waals surface area contributed by atoms with Gasteiger partial charge in [0.2, 0.25) is 5.69 Å². The second-order valence-electron chi connectivity index (χ2n) is 6.72. The van der Waals surface area contributed by atoms with Crippen LogP contribution in [0, 0.1) is 25.2 Å². The first-order valence-corrected chi connectivity index (χ1v) is 8.70. The predicted octanol–water partition coefficient (Wildman–Crippen LogP) is 1.82. The normalized spacial score (nSPS) is 10.8. The van der Waals surface area contributed by atoms with Gasteiger partial charge in [0.25, 0.3) is 5.56 Å². The Balaban J connectivity index is 2.04. The van der Waals surface area contributed by atoms with E-state index in [-0.39, 0.29) is 17.7 Å². The van der Waals surface area contributed by atoms with E-state index in [9.17, 15) is 14.7 Å². The number of hydrogen-bond acceptors (Lipinski definition) is 8. The van der Waals surface area contributed by atoms with Crippen molar-refractivity contribution in [3.05, 3.63) is 61.7 Å². The van der Waals surface area contributed by atoms with Gasteiger partial charge >= 0.3 is 11.7 Å². The highest BCUT2D eigenvalue weighted by atomic mass is 16.5. The van der Waals surface area contributed by atoms with Gasteiger partial charge < -0.3 is 9.84 Å². The van der Waals surface area contributed by atoms with Gasteiger partial charge in [-0.3, -0.25) is 9.78 Å². The standard InChI is InChI=1S/C19H18N6O4/c1-9(2)15-14(26)8-21-18(22-15)29-16-10(3)5-12(6-11(16)4)25-19(28)23-17(27)13(7-20)24-25/h5-6,8-9,26H,1-4H3,(H,23,27,28). The number of aromatic hydroxyl groups is 1. The van der Waals surface area contributed by atoms with Crippen LogP contribution in [0.2, 0.25) is 0 Å². The van der Waals surface area contributed by atoms with Gasteiger partial charge in [-0.2, -0.15) is 19.9 Å². The Labute approximate surface area is 165 Å². The molecule has 0 aliphatic rings. The van der Waals surface area contributed by atoms with Crippen LogP contribution in [-0.4, -0.2) is 29.8 Å². The van der Waals surface area contributed by atoms with E-state index in [0.717, 1.165) is 4.68 Å². The molecule has 3 rings (SSSR count). The van der Waals surface area contributed by atoms with Crippen LogP contribution in [-0.2, 0) is 0 Å². The van der Waals surface area contributed by atoms with E-state index in [2.05, 4.69) is 20.1 Å². The molecule has 2 heterocycles. The predicted molar refractivity (Wildman–Crippen MR) is 103 cm³/mol. The van der Waals surface area contributed by atoms with Gasteiger partial charge in [0, 0.05) is 0 Å².